The normalized spacial score (nSPS) is 20.5. The SMILES string of the molecule is CN1CC(CN)(c2cccc(F)c2)C1. The van der Waals surface area contributed by atoms with Crippen LogP contribution < -0.4 is 5.73 Å². The van der Waals surface area contributed by atoms with E-state index in [0.29, 0.717) is 6.54 Å². The molecule has 0 amide bonds. The van der Waals surface area contributed by atoms with Crippen LogP contribution in [-0.4, -0.2) is 31.6 Å². The van der Waals surface area contributed by atoms with Gasteiger partial charge in [-0.1, -0.05) is 12.1 Å². The third-order valence-electron chi connectivity index (χ3n) is 2.97. The molecule has 1 heterocycles. The van der Waals surface area contributed by atoms with Crippen molar-refractivity contribution in [2.45, 2.75) is 5.41 Å². The summed E-state index contributed by atoms with van der Waals surface area (Å²) in [7, 11) is 2.05. The van der Waals surface area contributed by atoms with E-state index in [1.54, 1.807) is 12.1 Å². The number of likely N-dealkylation sites (tertiary alicyclic amines) is 1. The summed E-state index contributed by atoms with van der Waals surface area (Å²) in [4.78, 5) is 2.19. The molecule has 1 aromatic carbocycles. The molecule has 0 aromatic heterocycles. The monoisotopic (exact) mass is 194 g/mol. The molecule has 14 heavy (non-hydrogen) atoms. The average Bonchev–Trinajstić information content (AvgIpc) is 2.12. The molecule has 0 spiro atoms. The lowest BCUT2D eigenvalue weighted by molar-refractivity contribution is 0.0998. The molecule has 2 rings (SSSR count). The van der Waals surface area contributed by atoms with Gasteiger partial charge in [-0.2, -0.15) is 0 Å². The van der Waals surface area contributed by atoms with Crippen LogP contribution in [0, 0.1) is 5.82 Å². The lowest BCUT2D eigenvalue weighted by atomic mass is 9.74. The molecule has 1 aromatic rings. The van der Waals surface area contributed by atoms with Gasteiger partial charge in [-0.15, -0.1) is 0 Å². The van der Waals surface area contributed by atoms with Gasteiger partial charge in [-0.25, -0.2) is 4.39 Å². The minimum atomic E-state index is -0.176. The highest BCUT2D eigenvalue weighted by Crippen LogP contribution is 2.32. The molecule has 1 aliphatic rings. The molecule has 1 saturated heterocycles. The van der Waals surface area contributed by atoms with Crippen molar-refractivity contribution >= 4 is 0 Å². The van der Waals surface area contributed by atoms with Crippen LogP contribution in [0.2, 0.25) is 0 Å². The van der Waals surface area contributed by atoms with E-state index in [4.69, 9.17) is 5.73 Å². The van der Waals surface area contributed by atoms with Crippen LogP contribution in [0.3, 0.4) is 0 Å². The minimum absolute atomic E-state index is 0.0170. The van der Waals surface area contributed by atoms with E-state index >= 15 is 0 Å². The Morgan fingerprint density at radius 2 is 2.21 bits per heavy atom. The lowest BCUT2D eigenvalue weighted by Gasteiger charge is -2.48. The van der Waals surface area contributed by atoms with Crippen LogP contribution in [0.1, 0.15) is 5.56 Å². The van der Waals surface area contributed by atoms with Crippen molar-refractivity contribution in [1.82, 2.24) is 4.90 Å². The molecule has 0 radical (unpaired) electrons. The summed E-state index contributed by atoms with van der Waals surface area (Å²) in [6.07, 6.45) is 0. The fourth-order valence-corrected chi connectivity index (χ4v) is 2.23. The zero-order valence-corrected chi connectivity index (χ0v) is 8.33. The van der Waals surface area contributed by atoms with Gasteiger partial charge in [0.25, 0.3) is 0 Å². The first-order chi connectivity index (χ1) is 6.66. The molecular weight excluding hydrogens is 179 g/mol. The Morgan fingerprint density at radius 3 is 2.71 bits per heavy atom. The van der Waals surface area contributed by atoms with Gasteiger partial charge in [0.05, 0.1) is 0 Å². The first kappa shape index (κ1) is 9.62. The van der Waals surface area contributed by atoms with E-state index in [1.165, 1.54) is 6.07 Å². The number of rotatable bonds is 2. The van der Waals surface area contributed by atoms with E-state index < -0.39 is 0 Å². The van der Waals surface area contributed by atoms with E-state index in [1.807, 2.05) is 13.1 Å². The third-order valence-corrected chi connectivity index (χ3v) is 2.97. The second-order valence-corrected chi connectivity index (χ2v) is 4.17. The summed E-state index contributed by atoms with van der Waals surface area (Å²) < 4.78 is 13.0. The van der Waals surface area contributed by atoms with Crippen LogP contribution in [-0.2, 0) is 5.41 Å². The van der Waals surface area contributed by atoms with Crippen molar-refractivity contribution in [3.05, 3.63) is 35.6 Å². The predicted molar refractivity (Wildman–Crippen MR) is 54.6 cm³/mol. The molecule has 0 bridgehead atoms. The highest BCUT2D eigenvalue weighted by atomic mass is 19.1. The number of nitrogens with zero attached hydrogens (tertiary/aromatic N) is 1. The maximum atomic E-state index is 13.0. The average molecular weight is 194 g/mol. The van der Waals surface area contributed by atoms with E-state index in [0.717, 1.165) is 18.7 Å². The Kier molecular flexibility index (Phi) is 2.29. The first-order valence-corrected chi connectivity index (χ1v) is 4.81. The molecule has 0 unspecified atom stereocenters. The molecule has 76 valence electrons. The van der Waals surface area contributed by atoms with Gasteiger partial charge >= 0.3 is 0 Å². The molecule has 1 aliphatic heterocycles. The molecule has 0 aliphatic carbocycles. The van der Waals surface area contributed by atoms with Gasteiger partial charge in [0, 0.05) is 25.0 Å². The van der Waals surface area contributed by atoms with Crippen molar-refractivity contribution in [3.63, 3.8) is 0 Å². The van der Waals surface area contributed by atoms with E-state index in [2.05, 4.69) is 4.90 Å². The number of likely N-dealkylation sites (N-methyl/N-ethyl adjacent to an activating group) is 1. The summed E-state index contributed by atoms with van der Waals surface area (Å²) in [5, 5.41) is 0. The van der Waals surface area contributed by atoms with E-state index in [-0.39, 0.29) is 11.2 Å². The number of benzene rings is 1. The van der Waals surface area contributed by atoms with Gasteiger partial charge in [-0.3, -0.25) is 0 Å². The molecule has 2 nitrogen and oxygen atoms in total. The molecule has 0 saturated carbocycles. The Morgan fingerprint density at radius 1 is 1.50 bits per heavy atom. The van der Waals surface area contributed by atoms with Crippen molar-refractivity contribution in [1.29, 1.82) is 0 Å². The standard InChI is InChI=1S/C11H15FN2/c1-14-7-11(6-13,8-14)9-3-2-4-10(12)5-9/h2-5H,6-8,13H2,1H3. The highest BCUT2D eigenvalue weighted by Gasteiger charge is 2.41. The summed E-state index contributed by atoms with van der Waals surface area (Å²) in [5.74, 6) is -0.176. The minimum Gasteiger partial charge on any atom is -0.329 e. The largest absolute Gasteiger partial charge is 0.329 e. The van der Waals surface area contributed by atoms with Gasteiger partial charge in [-0.05, 0) is 24.7 Å². The first-order valence-electron chi connectivity index (χ1n) is 4.81. The Hall–Kier alpha value is -0.930. The van der Waals surface area contributed by atoms with Gasteiger partial charge in [0.1, 0.15) is 5.82 Å². The van der Waals surface area contributed by atoms with Crippen molar-refractivity contribution in [2.75, 3.05) is 26.7 Å². The Labute approximate surface area is 83.5 Å². The molecular formula is C11H15FN2. The molecule has 1 fully saturated rings. The topological polar surface area (TPSA) is 29.3 Å². The van der Waals surface area contributed by atoms with Crippen molar-refractivity contribution in [3.8, 4) is 0 Å². The highest BCUT2D eigenvalue weighted by molar-refractivity contribution is 5.30. The Balaban J connectivity index is 2.29. The number of hydrogen-bond acceptors (Lipinski definition) is 2. The second kappa shape index (κ2) is 3.33. The summed E-state index contributed by atoms with van der Waals surface area (Å²) >= 11 is 0. The number of halogens is 1. The van der Waals surface area contributed by atoms with Crippen LogP contribution >= 0.6 is 0 Å². The smallest absolute Gasteiger partial charge is 0.123 e. The maximum Gasteiger partial charge on any atom is 0.123 e. The maximum absolute atomic E-state index is 13.0. The fraction of sp³-hybridized carbons (Fsp3) is 0.455. The quantitative estimate of drug-likeness (QED) is 0.760. The summed E-state index contributed by atoms with van der Waals surface area (Å²) in [5.41, 5.74) is 6.77. The van der Waals surface area contributed by atoms with Crippen molar-refractivity contribution < 1.29 is 4.39 Å². The Bertz CT molecular complexity index is 332. The fourth-order valence-electron chi connectivity index (χ4n) is 2.23. The zero-order chi connectivity index (χ0) is 10.2. The predicted octanol–water partition coefficient (Wildman–Crippen LogP) is 0.968. The van der Waals surface area contributed by atoms with E-state index in [9.17, 15) is 4.39 Å². The van der Waals surface area contributed by atoms with Gasteiger partial charge < -0.3 is 10.6 Å². The number of nitrogens with two attached hydrogens (primary N) is 1. The second-order valence-electron chi connectivity index (χ2n) is 4.17. The van der Waals surface area contributed by atoms with Crippen LogP contribution in [0.5, 0.6) is 0 Å². The van der Waals surface area contributed by atoms with Gasteiger partial charge in [0.2, 0.25) is 0 Å². The van der Waals surface area contributed by atoms with Crippen LogP contribution in [0.15, 0.2) is 24.3 Å². The molecule has 0 atom stereocenters. The zero-order valence-electron chi connectivity index (χ0n) is 8.33. The van der Waals surface area contributed by atoms with Crippen LogP contribution in [0.4, 0.5) is 4.39 Å². The van der Waals surface area contributed by atoms with Crippen LogP contribution in [0.25, 0.3) is 0 Å². The third kappa shape index (κ3) is 1.42. The summed E-state index contributed by atoms with van der Waals surface area (Å²) in [6.45, 7) is 2.43. The summed E-state index contributed by atoms with van der Waals surface area (Å²) in [6, 6.07) is 6.78. The molecule has 3 heteroatoms. The molecule has 2 N–H and O–H groups in total. The van der Waals surface area contributed by atoms with Crippen molar-refractivity contribution in [2.24, 2.45) is 5.73 Å². The lowest BCUT2D eigenvalue weighted by Crippen LogP contribution is -2.61. The number of hydrogen-bond donors (Lipinski definition) is 1. The van der Waals surface area contributed by atoms with Gasteiger partial charge in [0.15, 0.2) is 0 Å².